The number of nitrogens with zero attached hydrogens (tertiary/aromatic N) is 2. The number of carbonyl (C=O) groups excluding carboxylic acids is 1. The van der Waals surface area contributed by atoms with Gasteiger partial charge in [-0.1, -0.05) is 66.7 Å². The molecule has 1 heterocycles. The van der Waals surface area contributed by atoms with E-state index in [0.29, 0.717) is 23.1 Å². The first-order chi connectivity index (χ1) is 14.7. The van der Waals surface area contributed by atoms with Crippen LogP contribution in [0.15, 0.2) is 103 Å². The number of aldehydes is 1. The summed E-state index contributed by atoms with van der Waals surface area (Å²) in [6, 6.07) is 29.1. The minimum Gasteiger partial charge on any atom is -0.319 e. The van der Waals surface area contributed by atoms with Gasteiger partial charge in [-0.25, -0.2) is 0 Å². The van der Waals surface area contributed by atoms with Crippen molar-refractivity contribution in [2.24, 2.45) is 5.73 Å². The quantitative estimate of drug-likeness (QED) is 0.653. The van der Waals surface area contributed by atoms with E-state index in [2.05, 4.69) is 18.2 Å². The molecule has 4 rings (SSSR count). The fraction of sp³-hybridized carbons (Fsp3) is 0.0769. The van der Waals surface area contributed by atoms with Gasteiger partial charge >= 0.3 is 0 Å². The summed E-state index contributed by atoms with van der Waals surface area (Å²) in [6.45, 7) is 0. The lowest BCUT2D eigenvalue weighted by atomic mass is 9.84. The van der Waals surface area contributed by atoms with Gasteiger partial charge in [-0.05, 0) is 47.4 Å². The lowest BCUT2D eigenvalue weighted by Gasteiger charge is -2.41. The van der Waals surface area contributed by atoms with E-state index in [1.54, 1.807) is 17.0 Å². The lowest BCUT2D eigenvalue weighted by molar-refractivity contribution is -0.110. The van der Waals surface area contributed by atoms with Crippen molar-refractivity contribution in [2.75, 3.05) is 4.90 Å². The van der Waals surface area contributed by atoms with Crippen molar-refractivity contribution in [2.45, 2.75) is 12.1 Å². The normalized spacial score (nSPS) is 18.2. The molecule has 0 radical (unpaired) electrons. The second-order valence-electron chi connectivity index (χ2n) is 7.23. The van der Waals surface area contributed by atoms with Gasteiger partial charge in [-0.2, -0.15) is 5.26 Å². The molecule has 2 N–H and O–H groups in total. The van der Waals surface area contributed by atoms with Crippen LogP contribution in [0.2, 0.25) is 0 Å². The molecule has 0 bridgehead atoms. The molecule has 0 saturated carbocycles. The second-order valence-corrected chi connectivity index (χ2v) is 7.23. The van der Waals surface area contributed by atoms with Crippen molar-refractivity contribution in [3.8, 4) is 6.07 Å². The van der Waals surface area contributed by atoms with Gasteiger partial charge in [0.25, 0.3) is 0 Å². The Hall–Kier alpha value is -3.94. The molecule has 0 saturated heterocycles. The highest BCUT2D eigenvalue weighted by atomic mass is 16.1. The average molecular weight is 391 g/mol. The molecule has 3 aromatic carbocycles. The largest absolute Gasteiger partial charge is 0.319 e. The summed E-state index contributed by atoms with van der Waals surface area (Å²) in [5, 5.41) is 9.64. The summed E-state index contributed by atoms with van der Waals surface area (Å²) >= 11 is 0. The predicted molar refractivity (Wildman–Crippen MR) is 119 cm³/mol. The molecule has 3 aromatic rings. The summed E-state index contributed by atoms with van der Waals surface area (Å²) in [4.78, 5) is 14.2. The predicted octanol–water partition coefficient (Wildman–Crippen LogP) is 4.44. The van der Waals surface area contributed by atoms with Crippen LogP contribution >= 0.6 is 0 Å². The zero-order valence-corrected chi connectivity index (χ0v) is 16.4. The first kappa shape index (κ1) is 19.4. The summed E-state index contributed by atoms with van der Waals surface area (Å²) in [5.74, 6) is 0. The highest BCUT2D eigenvalue weighted by Gasteiger charge is 2.40. The number of nitriles is 1. The zero-order valence-electron chi connectivity index (χ0n) is 16.4. The van der Waals surface area contributed by atoms with Gasteiger partial charge in [-0.15, -0.1) is 0 Å². The molecule has 4 heteroatoms. The number of para-hydroxylation sites is 1. The van der Waals surface area contributed by atoms with E-state index in [-0.39, 0.29) is 0 Å². The Balaban J connectivity index is 1.90. The van der Waals surface area contributed by atoms with E-state index in [0.717, 1.165) is 23.1 Å². The fourth-order valence-corrected chi connectivity index (χ4v) is 3.77. The monoisotopic (exact) mass is 391 g/mol. The van der Waals surface area contributed by atoms with Crippen LogP contribution in [0, 0.1) is 11.3 Å². The van der Waals surface area contributed by atoms with Gasteiger partial charge in [0.1, 0.15) is 0 Å². The number of anilines is 1. The molecule has 1 aliphatic rings. The summed E-state index contributed by atoms with van der Waals surface area (Å²) in [5.41, 5.74) is 9.98. The number of nitrogens with two attached hydrogens (primary N) is 1. The van der Waals surface area contributed by atoms with Crippen LogP contribution in [0.5, 0.6) is 0 Å². The number of carbonyl (C=O) groups is 1. The van der Waals surface area contributed by atoms with Crippen molar-refractivity contribution in [1.29, 1.82) is 5.26 Å². The Morgan fingerprint density at radius 3 is 2.23 bits per heavy atom. The second kappa shape index (κ2) is 8.20. The van der Waals surface area contributed by atoms with E-state index < -0.39 is 5.66 Å². The molecule has 1 atom stereocenters. The Labute approximate surface area is 176 Å². The molecule has 0 aliphatic carbocycles. The van der Waals surface area contributed by atoms with Gasteiger partial charge in [0.15, 0.2) is 11.9 Å². The smallest absolute Gasteiger partial charge is 0.176 e. The van der Waals surface area contributed by atoms with Crippen molar-refractivity contribution in [3.05, 3.63) is 119 Å². The third-order valence-electron chi connectivity index (χ3n) is 5.26. The molecular weight excluding hydrogens is 370 g/mol. The Bertz CT molecular complexity index is 1160. The van der Waals surface area contributed by atoms with E-state index in [1.165, 1.54) is 0 Å². The van der Waals surface area contributed by atoms with Crippen molar-refractivity contribution in [3.63, 3.8) is 0 Å². The molecule has 1 unspecified atom stereocenters. The minimum atomic E-state index is -1.44. The van der Waals surface area contributed by atoms with E-state index in [9.17, 15) is 10.1 Å². The topological polar surface area (TPSA) is 70.1 Å². The maximum absolute atomic E-state index is 12.4. The van der Waals surface area contributed by atoms with Crippen LogP contribution < -0.4 is 10.6 Å². The molecule has 0 amide bonds. The molecule has 146 valence electrons. The zero-order chi connectivity index (χ0) is 21.0. The maximum atomic E-state index is 12.4. The van der Waals surface area contributed by atoms with Gasteiger partial charge in [-0.3, -0.25) is 10.5 Å². The van der Waals surface area contributed by atoms with Gasteiger partial charge in [0.05, 0.1) is 11.6 Å². The van der Waals surface area contributed by atoms with Crippen LogP contribution in [-0.2, 0) is 11.2 Å². The van der Waals surface area contributed by atoms with Crippen molar-refractivity contribution < 1.29 is 4.79 Å². The summed E-state index contributed by atoms with van der Waals surface area (Å²) in [6.07, 6.45) is 5.29. The van der Waals surface area contributed by atoms with Crippen LogP contribution in [-0.4, -0.2) is 11.9 Å². The Morgan fingerprint density at radius 2 is 1.57 bits per heavy atom. The third kappa shape index (κ3) is 3.55. The van der Waals surface area contributed by atoms with E-state index >= 15 is 0 Å². The molecule has 0 aromatic heterocycles. The number of hydrogen-bond donors (Lipinski definition) is 1. The molecule has 30 heavy (non-hydrogen) atoms. The van der Waals surface area contributed by atoms with Crippen molar-refractivity contribution in [1.82, 2.24) is 0 Å². The number of allylic oxidation sites excluding steroid dienone is 2. The molecule has 0 spiro atoms. The number of hydrogen-bond acceptors (Lipinski definition) is 4. The standard InChI is InChI=1S/C26H21N3O/c27-17-22-11-7-8-14-24(22)25-16-21(15-20-9-3-1-4-10-20)18-29(26(25,28)19-30)23-12-5-2-6-13-23/h1-14,16,18-19H,15,28H2. The molecule has 1 aliphatic heterocycles. The summed E-state index contributed by atoms with van der Waals surface area (Å²) < 4.78 is 0. The SMILES string of the molecule is N#Cc1ccccc1C1=CC(Cc2ccccc2)=CN(c2ccccc2)C1(N)C=O. The first-order valence-electron chi connectivity index (χ1n) is 9.71. The Morgan fingerprint density at radius 1 is 0.933 bits per heavy atom. The lowest BCUT2D eigenvalue weighted by Crippen LogP contribution is -2.57. The number of rotatable bonds is 5. The molecular formula is C26H21N3O. The van der Waals surface area contributed by atoms with Crippen molar-refractivity contribution >= 4 is 17.5 Å². The van der Waals surface area contributed by atoms with Crippen LogP contribution in [0.25, 0.3) is 5.57 Å². The van der Waals surface area contributed by atoms with Gasteiger partial charge in [0, 0.05) is 17.5 Å². The van der Waals surface area contributed by atoms with Crippen LogP contribution in [0.3, 0.4) is 0 Å². The molecule has 0 fully saturated rings. The van der Waals surface area contributed by atoms with Gasteiger partial charge < -0.3 is 4.90 Å². The van der Waals surface area contributed by atoms with Crippen LogP contribution in [0.1, 0.15) is 16.7 Å². The fourth-order valence-electron chi connectivity index (χ4n) is 3.77. The van der Waals surface area contributed by atoms with Gasteiger partial charge in [0.2, 0.25) is 0 Å². The average Bonchev–Trinajstić information content (AvgIpc) is 2.81. The number of benzene rings is 3. The highest BCUT2D eigenvalue weighted by Crippen LogP contribution is 2.38. The highest BCUT2D eigenvalue weighted by molar-refractivity contribution is 5.97. The minimum absolute atomic E-state index is 0.481. The Kier molecular flexibility index (Phi) is 5.30. The first-order valence-corrected chi connectivity index (χ1v) is 9.71. The maximum Gasteiger partial charge on any atom is 0.176 e. The van der Waals surface area contributed by atoms with Crippen LogP contribution in [0.4, 0.5) is 5.69 Å². The van der Waals surface area contributed by atoms with E-state index in [1.807, 2.05) is 72.9 Å². The van der Waals surface area contributed by atoms with E-state index in [4.69, 9.17) is 5.73 Å². The summed E-state index contributed by atoms with van der Waals surface area (Å²) in [7, 11) is 0. The third-order valence-corrected chi connectivity index (χ3v) is 5.26. The molecule has 4 nitrogen and oxygen atoms in total.